The molecule has 10 heteroatoms. The highest BCUT2D eigenvalue weighted by atomic mass is 35.5. The van der Waals surface area contributed by atoms with E-state index in [9.17, 15) is 13.2 Å². The molecule has 28 heavy (non-hydrogen) atoms. The zero-order valence-electron chi connectivity index (χ0n) is 15.0. The van der Waals surface area contributed by atoms with E-state index < -0.39 is 15.9 Å². The maximum Gasteiger partial charge on any atom is 0.263 e. The molecule has 4 rings (SSSR count). The molecule has 1 saturated heterocycles. The maximum absolute atomic E-state index is 12.9. The van der Waals surface area contributed by atoms with Crippen LogP contribution in [0.3, 0.4) is 0 Å². The van der Waals surface area contributed by atoms with Gasteiger partial charge in [-0.3, -0.25) is 4.79 Å². The van der Waals surface area contributed by atoms with Crippen molar-refractivity contribution in [3.63, 3.8) is 0 Å². The summed E-state index contributed by atoms with van der Waals surface area (Å²) in [5.41, 5.74) is 1.38. The van der Waals surface area contributed by atoms with Gasteiger partial charge in [-0.05, 0) is 36.4 Å². The monoisotopic (exact) mass is 438 g/mol. The van der Waals surface area contributed by atoms with Gasteiger partial charge in [0.15, 0.2) is 0 Å². The van der Waals surface area contributed by atoms with Crippen LogP contribution in [0, 0.1) is 0 Å². The topological polar surface area (TPSA) is 83.8 Å². The van der Waals surface area contributed by atoms with Crippen molar-refractivity contribution in [3.05, 3.63) is 51.6 Å². The quantitative estimate of drug-likeness (QED) is 0.663. The van der Waals surface area contributed by atoms with Crippen molar-refractivity contribution in [3.8, 4) is 0 Å². The number of nitrogens with one attached hydrogen (secondary N) is 1. The fourth-order valence-corrected chi connectivity index (χ4v) is 6.27. The molecule has 0 unspecified atom stereocenters. The van der Waals surface area contributed by atoms with Crippen molar-refractivity contribution in [1.82, 2.24) is 19.0 Å². The van der Waals surface area contributed by atoms with Gasteiger partial charge >= 0.3 is 0 Å². The molecule has 1 aliphatic rings. The van der Waals surface area contributed by atoms with Gasteiger partial charge in [-0.1, -0.05) is 18.0 Å². The number of piperidine rings is 1. The molecule has 4 heterocycles. The van der Waals surface area contributed by atoms with Crippen molar-refractivity contribution in [1.29, 1.82) is 0 Å². The Bertz CT molecular complexity index is 1120. The highest BCUT2D eigenvalue weighted by Crippen LogP contribution is 2.27. The van der Waals surface area contributed by atoms with Gasteiger partial charge in [-0.15, -0.1) is 11.3 Å². The highest BCUT2D eigenvalue weighted by molar-refractivity contribution is 7.89. The van der Waals surface area contributed by atoms with Crippen LogP contribution in [0.1, 0.15) is 34.6 Å². The molecule has 0 saturated carbocycles. The summed E-state index contributed by atoms with van der Waals surface area (Å²) in [6.45, 7) is 1.20. The Hall–Kier alpha value is -1.94. The zero-order valence-corrected chi connectivity index (χ0v) is 17.4. The first-order valence-corrected chi connectivity index (χ1v) is 11.6. The summed E-state index contributed by atoms with van der Waals surface area (Å²) in [5.74, 6) is -0.416. The number of rotatable bonds is 5. The highest BCUT2D eigenvalue weighted by Gasteiger charge is 2.30. The number of fused-ring (bicyclic) bond motifs is 1. The summed E-state index contributed by atoms with van der Waals surface area (Å²) < 4.78 is 29.1. The Balaban J connectivity index is 1.50. The van der Waals surface area contributed by atoms with Crippen molar-refractivity contribution < 1.29 is 13.2 Å². The number of amides is 1. The van der Waals surface area contributed by atoms with Gasteiger partial charge in [0.05, 0.1) is 17.3 Å². The van der Waals surface area contributed by atoms with Crippen LogP contribution in [0.2, 0.25) is 5.02 Å². The van der Waals surface area contributed by atoms with Gasteiger partial charge in [-0.2, -0.15) is 4.31 Å². The van der Waals surface area contributed by atoms with Crippen LogP contribution in [0.5, 0.6) is 0 Å². The van der Waals surface area contributed by atoms with Crippen molar-refractivity contribution in [2.45, 2.75) is 30.7 Å². The number of hydrogen-bond acceptors (Lipinski definition) is 5. The molecule has 0 atom stereocenters. The normalized spacial score (nSPS) is 15.8. The van der Waals surface area contributed by atoms with E-state index in [0.717, 1.165) is 36.2 Å². The van der Waals surface area contributed by atoms with E-state index in [1.54, 1.807) is 34.3 Å². The first-order valence-electron chi connectivity index (χ1n) is 8.94. The molecule has 148 valence electrons. The Kier molecular flexibility index (Phi) is 5.42. The lowest BCUT2D eigenvalue weighted by Gasteiger charge is -2.25. The molecule has 1 N–H and O–H groups in total. The Labute approximate surface area is 172 Å². The van der Waals surface area contributed by atoms with Crippen LogP contribution in [0.25, 0.3) is 5.65 Å². The van der Waals surface area contributed by atoms with Crippen LogP contribution >= 0.6 is 22.9 Å². The number of halogens is 1. The van der Waals surface area contributed by atoms with E-state index in [1.807, 2.05) is 0 Å². The molecule has 1 amide bonds. The van der Waals surface area contributed by atoms with Crippen LogP contribution in [-0.4, -0.2) is 41.1 Å². The smallest absolute Gasteiger partial charge is 0.263 e. The second-order valence-electron chi connectivity index (χ2n) is 6.61. The average molecular weight is 439 g/mol. The van der Waals surface area contributed by atoms with Gasteiger partial charge < -0.3 is 9.72 Å². The largest absolute Gasteiger partial charge is 0.346 e. The molecule has 0 aliphatic carbocycles. The molecule has 7 nitrogen and oxygen atoms in total. The molecule has 0 radical (unpaired) electrons. The lowest BCUT2D eigenvalue weighted by Crippen LogP contribution is -2.36. The number of imidazole rings is 1. The zero-order chi connectivity index (χ0) is 19.7. The number of nitrogens with zero attached hydrogens (tertiary/aromatic N) is 3. The van der Waals surface area contributed by atoms with Gasteiger partial charge in [0, 0.05) is 25.5 Å². The number of hydrogen-bond donors (Lipinski definition) is 1. The number of sulfonamides is 1. The van der Waals surface area contributed by atoms with E-state index in [-0.39, 0.29) is 16.3 Å². The molecule has 1 aliphatic heterocycles. The minimum atomic E-state index is -3.65. The van der Waals surface area contributed by atoms with E-state index in [4.69, 9.17) is 11.6 Å². The van der Waals surface area contributed by atoms with Crippen LogP contribution < -0.4 is 5.32 Å². The first-order chi connectivity index (χ1) is 13.4. The van der Waals surface area contributed by atoms with Crippen molar-refractivity contribution in [2.24, 2.45) is 0 Å². The maximum atomic E-state index is 12.9. The lowest BCUT2D eigenvalue weighted by molar-refractivity contribution is 0.0951. The molecule has 1 fully saturated rings. The summed E-state index contributed by atoms with van der Waals surface area (Å²) in [7, 11) is -3.65. The third-order valence-electron chi connectivity index (χ3n) is 4.66. The molecule has 3 aromatic rings. The van der Waals surface area contributed by atoms with Crippen LogP contribution in [0.4, 0.5) is 0 Å². The van der Waals surface area contributed by atoms with Gasteiger partial charge in [0.25, 0.3) is 5.91 Å². The second kappa shape index (κ2) is 7.82. The molecule has 3 aromatic heterocycles. The summed E-state index contributed by atoms with van der Waals surface area (Å²) in [5, 5.41) is 5.00. The Morgan fingerprint density at radius 2 is 1.96 bits per heavy atom. The molecule has 0 bridgehead atoms. The second-order valence-corrected chi connectivity index (χ2v) is 9.87. The summed E-state index contributed by atoms with van der Waals surface area (Å²) in [6.07, 6.45) is 6.25. The molecule has 0 aromatic carbocycles. The first kappa shape index (κ1) is 19.4. The van der Waals surface area contributed by atoms with Crippen LogP contribution in [0.15, 0.2) is 40.9 Å². The van der Waals surface area contributed by atoms with Gasteiger partial charge in [0.2, 0.25) is 10.0 Å². The Morgan fingerprint density at radius 1 is 1.18 bits per heavy atom. The fourth-order valence-electron chi connectivity index (χ4n) is 3.26. The van der Waals surface area contributed by atoms with Crippen LogP contribution in [-0.2, 0) is 16.6 Å². The van der Waals surface area contributed by atoms with E-state index >= 15 is 0 Å². The number of aromatic nitrogens is 2. The van der Waals surface area contributed by atoms with Gasteiger partial charge in [-0.25, -0.2) is 13.4 Å². The third kappa shape index (κ3) is 3.80. The predicted octanol–water partition coefficient (Wildman–Crippen LogP) is 3.15. The Morgan fingerprint density at radius 3 is 2.75 bits per heavy atom. The average Bonchev–Trinajstić information content (AvgIpc) is 3.33. The number of pyridine rings is 1. The number of thiophene rings is 1. The summed E-state index contributed by atoms with van der Waals surface area (Å²) in [6, 6.07) is 5.04. The van der Waals surface area contributed by atoms with E-state index in [2.05, 4.69) is 10.3 Å². The third-order valence-corrected chi connectivity index (χ3v) is 7.87. The van der Waals surface area contributed by atoms with Crippen molar-refractivity contribution in [2.75, 3.05) is 13.1 Å². The van der Waals surface area contributed by atoms with E-state index in [1.165, 1.54) is 10.4 Å². The van der Waals surface area contributed by atoms with E-state index in [0.29, 0.717) is 23.8 Å². The minimum absolute atomic E-state index is 0.0821. The molecule has 0 spiro atoms. The summed E-state index contributed by atoms with van der Waals surface area (Å²) in [4.78, 5) is 17.4. The number of carbonyl (C=O) groups is 1. The predicted molar refractivity (Wildman–Crippen MR) is 108 cm³/mol. The molecular weight excluding hydrogens is 420 g/mol. The van der Waals surface area contributed by atoms with Crippen molar-refractivity contribution >= 4 is 44.5 Å². The molecular formula is C18H19ClN4O3S2. The SMILES string of the molecule is O=C(NCc1cn2cc(Cl)ccc2n1)c1sccc1S(=O)(=O)N1CCCCC1. The fraction of sp³-hybridized carbons (Fsp3) is 0.333. The standard InChI is InChI=1S/C18H19ClN4O3S2/c19-13-4-5-16-21-14(12-22(16)11-13)10-20-18(24)17-15(6-9-27-17)28(25,26)23-7-2-1-3-8-23/h4-6,9,11-12H,1-3,7-8,10H2,(H,20,24). The minimum Gasteiger partial charge on any atom is -0.346 e. The summed E-state index contributed by atoms with van der Waals surface area (Å²) >= 11 is 7.10. The van der Waals surface area contributed by atoms with Gasteiger partial charge in [0.1, 0.15) is 15.4 Å². The number of carbonyl (C=O) groups excluding carboxylic acids is 1. The lowest BCUT2D eigenvalue weighted by atomic mass is 10.2.